The predicted octanol–water partition coefficient (Wildman–Crippen LogP) is 3.94. The third-order valence-corrected chi connectivity index (χ3v) is 4.51. The van der Waals surface area contributed by atoms with Crippen LogP contribution in [0, 0.1) is 5.82 Å². The first-order valence-corrected chi connectivity index (χ1v) is 8.55. The number of hydrogen-bond donors (Lipinski definition) is 1. The van der Waals surface area contributed by atoms with E-state index in [-0.39, 0.29) is 22.8 Å². The number of benzene rings is 1. The molecule has 1 aromatic carbocycles. The van der Waals surface area contributed by atoms with E-state index < -0.39 is 11.7 Å². The number of nitrogens with zero attached hydrogens (tertiary/aromatic N) is 3. The molecular formula is C19H14ClFN4O3. The number of ether oxygens (including phenoxy) is 2. The molecule has 1 amide bonds. The first-order chi connectivity index (χ1) is 13.5. The number of aromatic nitrogens is 3. The monoisotopic (exact) mass is 400 g/mol. The first kappa shape index (κ1) is 18.0. The zero-order valence-corrected chi connectivity index (χ0v) is 15.6. The minimum absolute atomic E-state index is 0.0956. The van der Waals surface area contributed by atoms with E-state index in [0.29, 0.717) is 21.8 Å². The molecule has 28 heavy (non-hydrogen) atoms. The highest BCUT2D eigenvalue weighted by atomic mass is 35.5. The van der Waals surface area contributed by atoms with E-state index >= 15 is 0 Å². The van der Waals surface area contributed by atoms with Gasteiger partial charge in [0.05, 0.1) is 42.2 Å². The number of anilines is 1. The molecule has 0 aliphatic heterocycles. The number of pyridine rings is 2. The van der Waals surface area contributed by atoms with Crippen molar-refractivity contribution in [1.29, 1.82) is 0 Å². The number of fused-ring (bicyclic) bond motifs is 2. The Balaban J connectivity index is 1.74. The smallest absolute Gasteiger partial charge is 0.257 e. The molecule has 0 saturated heterocycles. The topological polar surface area (TPSA) is 77.8 Å². The van der Waals surface area contributed by atoms with Crippen LogP contribution in [0.1, 0.15) is 10.4 Å². The average molecular weight is 401 g/mol. The van der Waals surface area contributed by atoms with Gasteiger partial charge in [-0.2, -0.15) is 4.98 Å². The van der Waals surface area contributed by atoms with E-state index in [1.54, 1.807) is 24.3 Å². The van der Waals surface area contributed by atoms with Crippen LogP contribution in [-0.4, -0.2) is 34.5 Å². The van der Waals surface area contributed by atoms with Crippen LogP contribution in [0.15, 0.2) is 42.7 Å². The van der Waals surface area contributed by atoms with Gasteiger partial charge in [-0.15, -0.1) is 0 Å². The predicted molar refractivity (Wildman–Crippen MR) is 103 cm³/mol. The van der Waals surface area contributed by atoms with Gasteiger partial charge in [-0.25, -0.2) is 9.37 Å². The Kier molecular flexibility index (Phi) is 4.48. The van der Waals surface area contributed by atoms with E-state index in [9.17, 15) is 9.18 Å². The Morgan fingerprint density at radius 2 is 1.89 bits per heavy atom. The van der Waals surface area contributed by atoms with Gasteiger partial charge in [0.15, 0.2) is 11.5 Å². The molecule has 0 spiro atoms. The second kappa shape index (κ2) is 6.97. The lowest BCUT2D eigenvalue weighted by Crippen LogP contribution is -2.14. The van der Waals surface area contributed by atoms with E-state index in [1.807, 2.05) is 0 Å². The average Bonchev–Trinajstić information content (AvgIpc) is 3.11. The number of methoxy groups -OCH3 is 2. The SMILES string of the molecule is COc1ccc2c(Cl)ccc(C(=O)Nc3cc(F)c4nc(OC)cn4c3)c2n1. The van der Waals surface area contributed by atoms with Crippen LogP contribution in [0.5, 0.6) is 11.8 Å². The number of rotatable bonds is 4. The summed E-state index contributed by atoms with van der Waals surface area (Å²) in [6, 6.07) is 7.74. The van der Waals surface area contributed by atoms with Crippen molar-refractivity contribution in [2.24, 2.45) is 0 Å². The van der Waals surface area contributed by atoms with Crippen LogP contribution < -0.4 is 14.8 Å². The fraction of sp³-hybridized carbons (Fsp3) is 0.105. The molecule has 0 atom stereocenters. The molecule has 4 aromatic rings. The normalized spacial score (nSPS) is 11.0. The summed E-state index contributed by atoms with van der Waals surface area (Å²) in [6.45, 7) is 0. The summed E-state index contributed by atoms with van der Waals surface area (Å²) in [7, 11) is 2.92. The van der Waals surface area contributed by atoms with Gasteiger partial charge in [0, 0.05) is 23.7 Å². The number of hydrogen-bond acceptors (Lipinski definition) is 5. The number of carbonyl (C=O) groups excluding carboxylic acids is 1. The number of imidazole rings is 1. The fourth-order valence-corrected chi connectivity index (χ4v) is 3.08. The number of halogens is 2. The maximum Gasteiger partial charge on any atom is 0.257 e. The Hall–Kier alpha value is -3.39. The zero-order valence-electron chi connectivity index (χ0n) is 14.9. The highest BCUT2D eigenvalue weighted by Crippen LogP contribution is 2.28. The Bertz CT molecular complexity index is 1220. The summed E-state index contributed by atoms with van der Waals surface area (Å²) < 4.78 is 25.9. The highest BCUT2D eigenvalue weighted by Gasteiger charge is 2.16. The first-order valence-electron chi connectivity index (χ1n) is 8.17. The van der Waals surface area contributed by atoms with Crippen LogP contribution in [0.3, 0.4) is 0 Å². The summed E-state index contributed by atoms with van der Waals surface area (Å²) in [5.74, 6) is -0.445. The molecule has 142 valence electrons. The molecule has 0 saturated carbocycles. The lowest BCUT2D eigenvalue weighted by molar-refractivity contribution is 0.102. The molecule has 9 heteroatoms. The summed E-state index contributed by atoms with van der Waals surface area (Å²) in [6.07, 6.45) is 3.05. The number of nitrogens with one attached hydrogen (secondary N) is 1. The van der Waals surface area contributed by atoms with Crippen LogP contribution in [0.4, 0.5) is 10.1 Å². The molecule has 0 aliphatic rings. The van der Waals surface area contributed by atoms with Crippen molar-refractivity contribution in [2.45, 2.75) is 0 Å². The van der Waals surface area contributed by atoms with Gasteiger partial charge >= 0.3 is 0 Å². The van der Waals surface area contributed by atoms with Crippen LogP contribution in [-0.2, 0) is 0 Å². The lowest BCUT2D eigenvalue weighted by atomic mass is 10.1. The molecule has 0 aliphatic carbocycles. The van der Waals surface area contributed by atoms with Gasteiger partial charge in [0.2, 0.25) is 11.8 Å². The quantitative estimate of drug-likeness (QED) is 0.561. The molecule has 4 rings (SSSR count). The van der Waals surface area contributed by atoms with Gasteiger partial charge in [-0.05, 0) is 18.2 Å². The summed E-state index contributed by atoms with van der Waals surface area (Å²) in [4.78, 5) is 21.2. The molecule has 1 N–H and O–H groups in total. The van der Waals surface area contributed by atoms with Gasteiger partial charge < -0.3 is 14.8 Å². The van der Waals surface area contributed by atoms with E-state index in [4.69, 9.17) is 21.1 Å². The maximum absolute atomic E-state index is 14.3. The van der Waals surface area contributed by atoms with E-state index in [2.05, 4.69) is 15.3 Å². The summed E-state index contributed by atoms with van der Waals surface area (Å²) in [5.41, 5.74) is 1.01. The minimum Gasteiger partial charge on any atom is -0.481 e. The van der Waals surface area contributed by atoms with Crippen molar-refractivity contribution in [1.82, 2.24) is 14.4 Å². The summed E-state index contributed by atoms with van der Waals surface area (Å²) in [5, 5.41) is 3.74. The largest absolute Gasteiger partial charge is 0.481 e. The third kappa shape index (κ3) is 3.07. The highest BCUT2D eigenvalue weighted by molar-refractivity contribution is 6.36. The van der Waals surface area contributed by atoms with Gasteiger partial charge in [-0.1, -0.05) is 11.6 Å². The molecule has 0 fully saturated rings. The van der Waals surface area contributed by atoms with E-state index in [0.717, 1.165) is 0 Å². The van der Waals surface area contributed by atoms with Crippen LogP contribution in [0.2, 0.25) is 5.02 Å². The van der Waals surface area contributed by atoms with Crippen LogP contribution >= 0.6 is 11.6 Å². The molecule has 0 bridgehead atoms. The zero-order chi connectivity index (χ0) is 19.8. The van der Waals surface area contributed by atoms with Crippen molar-refractivity contribution < 1.29 is 18.7 Å². The van der Waals surface area contributed by atoms with Gasteiger partial charge in [0.25, 0.3) is 5.91 Å². The Morgan fingerprint density at radius 3 is 2.64 bits per heavy atom. The fourth-order valence-electron chi connectivity index (χ4n) is 2.86. The van der Waals surface area contributed by atoms with Crippen molar-refractivity contribution >= 4 is 39.7 Å². The van der Waals surface area contributed by atoms with Crippen molar-refractivity contribution in [3.05, 3.63) is 59.1 Å². The second-order valence-electron chi connectivity index (χ2n) is 5.89. The molecule has 3 aromatic heterocycles. The molecule has 0 radical (unpaired) electrons. The Labute approximate surface area is 163 Å². The van der Waals surface area contributed by atoms with Crippen molar-refractivity contribution in [3.8, 4) is 11.8 Å². The lowest BCUT2D eigenvalue weighted by Gasteiger charge is -2.10. The molecule has 0 unspecified atom stereocenters. The third-order valence-electron chi connectivity index (χ3n) is 4.18. The summed E-state index contributed by atoms with van der Waals surface area (Å²) >= 11 is 6.21. The Morgan fingerprint density at radius 1 is 1.11 bits per heavy atom. The standard InChI is InChI=1S/C19H14ClFN4O3/c1-27-15-6-4-11-13(20)5-3-12(17(11)23-15)19(26)22-10-7-14(21)18-24-16(28-2)9-25(18)8-10/h3-9H,1-2H3,(H,22,26). The molecular weight excluding hydrogens is 387 g/mol. The van der Waals surface area contributed by atoms with Gasteiger partial charge in [0.1, 0.15) is 0 Å². The van der Waals surface area contributed by atoms with Crippen molar-refractivity contribution in [3.63, 3.8) is 0 Å². The molecule has 7 nitrogen and oxygen atoms in total. The number of amides is 1. The number of carbonyl (C=O) groups is 1. The van der Waals surface area contributed by atoms with Gasteiger partial charge in [-0.3, -0.25) is 9.20 Å². The maximum atomic E-state index is 14.3. The van der Waals surface area contributed by atoms with Crippen molar-refractivity contribution in [2.75, 3.05) is 19.5 Å². The molecule has 3 heterocycles. The minimum atomic E-state index is -0.596. The van der Waals surface area contributed by atoms with Crippen LogP contribution in [0.25, 0.3) is 16.6 Å². The second-order valence-corrected chi connectivity index (χ2v) is 6.30. The van der Waals surface area contributed by atoms with E-state index in [1.165, 1.54) is 37.1 Å².